The van der Waals surface area contributed by atoms with Gasteiger partial charge in [0, 0.05) is 26.2 Å². The van der Waals surface area contributed by atoms with Crippen molar-refractivity contribution in [2.45, 2.75) is 6.92 Å². The van der Waals surface area contributed by atoms with Crippen LogP contribution in [-0.4, -0.2) is 71.7 Å². The van der Waals surface area contributed by atoms with Gasteiger partial charge in [0.05, 0.1) is 13.3 Å². The molecule has 0 saturated carbocycles. The molecule has 1 aromatic carbocycles. The minimum absolute atomic E-state index is 0.0509. The number of nitrogens with zero attached hydrogens (tertiary/aromatic N) is 2. The topological polar surface area (TPSA) is 129 Å². The second-order valence-corrected chi connectivity index (χ2v) is 5.67. The molecule has 0 aromatic heterocycles. The zero-order chi connectivity index (χ0) is 18.2. The fourth-order valence-corrected chi connectivity index (χ4v) is 2.35. The number of aryl methyl sites for hydroxylation is 1. The highest BCUT2D eigenvalue weighted by molar-refractivity contribution is 5.91. The van der Waals surface area contributed by atoms with Gasteiger partial charge in [0.15, 0.2) is 0 Å². The molecule has 10 nitrogen and oxygen atoms in total. The van der Waals surface area contributed by atoms with Gasteiger partial charge in [-0.2, -0.15) is 0 Å². The van der Waals surface area contributed by atoms with Gasteiger partial charge < -0.3 is 20.8 Å². The number of phenols is 1. The van der Waals surface area contributed by atoms with Crippen LogP contribution in [0.15, 0.2) is 18.2 Å². The van der Waals surface area contributed by atoms with E-state index in [1.807, 2.05) is 10.0 Å². The first-order chi connectivity index (χ1) is 12.0. The van der Waals surface area contributed by atoms with E-state index >= 15 is 0 Å². The molecule has 10 heteroatoms. The molecule has 6 N–H and O–H groups in total. The van der Waals surface area contributed by atoms with Gasteiger partial charge in [-0.15, -0.1) is 0 Å². The number of hydrogen-bond donors (Lipinski definition) is 6. The normalized spacial score (nSPS) is 17.6. The minimum atomic E-state index is -1.11. The maximum Gasteiger partial charge on any atom is 0.343 e. The summed E-state index contributed by atoms with van der Waals surface area (Å²) in [5.74, 6) is -1.26. The third-order valence-corrected chi connectivity index (χ3v) is 3.71. The number of benzene rings is 1. The summed E-state index contributed by atoms with van der Waals surface area (Å²) in [4.78, 5) is 21.8. The van der Waals surface area contributed by atoms with Crippen LogP contribution in [-0.2, 0) is 0 Å². The van der Waals surface area contributed by atoms with Crippen molar-refractivity contribution in [3.63, 3.8) is 0 Å². The third kappa shape index (κ3) is 5.87. The number of amides is 2. The molecule has 25 heavy (non-hydrogen) atoms. The van der Waals surface area contributed by atoms with E-state index in [0.29, 0.717) is 18.9 Å². The van der Waals surface area contributed by atoms with Crippen LogP contribution >= 0.6 is 0 Å². The Kier molecular flexibility index (Phi) is 6.95. The first-order valence-electron chi connectivity index (χ1n) is 7.98. The molecule has 0 bridgehead atoms. The molecule has 0 atom stereocenters. The highest BCUT2D eigenvalue weighted by Crippen LogP contribution is 2.20. The fourth-order valence-electron chi connectivity index (χ4n) is 2.35. The molecule has 2 aliphatic heterocycles. The van der Waals surface area contributed by atoms with Crippen molar-refractivity contribution in [2.75, 3.05) is 39.5 Å². The van der Waals surface area contributed by atoms with Gasteiger partial charge in [0.2, 0.25) is 0 Å². The predicted octanol–water partition coefficient (Wildman–Crippen LogP) is -0.760. The highest BCUT2D eigenvalue weighted by Gasteiger charge is 2.16. The molecule has 138 valence electrons. The van der Waals surface area contributed by atoms with Crippen molar-refractivity contribution in [3.8, 4) is 5.75 Å². The minimum Gasteiger partial charge on any atom is -0.507 e. The molecule has 0 spiro atoms. The maximum atomic E-state index is 11.4. The summed E-state index contributed by atoms with van der Waals surface area (Å²) in [7, 11) is 0. The Hall–Kier alpha value is -2.40. The molecule has 2 fully saturated rings. The van der Waals surface area contributed by atoms with Crippen LogP contribution < -0.4 is 21.5 Å². The zero-order valence-electron chi connectivity index (χ0n) is 14.1. The van der Waals surface area contributed by atoms with Crippen molar-refractivity contribution in [1.29, 1.82) is 0 Å². The molecule has 3 rings (SSSR count). The van der Waals surface area contributed by atoms with E-state index in [-0.39, 0.29) is 17.3 Å². The highest BCUT2D eigenvalue weighted by atomic mass is 16.4. The molecular formula is C15H24N6O4. The Labute approximate surface area is 145 Å². The van der Waals surface area contributed by atoms with Crippen LogP contribution in [0.1, 0.15) is 15.9 Å². The van der Waals surface area contributed by atoms with Gasteiger partial charge in [-0.25, -0.2) is 19.6 Å². The smallest absolute Gasteiger partial charge is 0.343 e. The maximum absolute atomic E-state index is 11.4. The second-order valence-electron chi connectivity index (χ2n) is 5.67. The van der Waals surface area contributed by atoms with Crippen molar-refractivity contribution in [1.82, 2.24) is 31.5 Å². The van der Waals surface area contributed by atoms with E-state index < -0.39 is 5.97 Å². The van der Waals surface area contributed by atoms with E-state index in [0.717, 1.165) is 26.2 Å². The number of urea groups is 1. The lowest BCUT2D eigenvalue weighted by Crippen LogP contribution is -2.52. The summed E-state index contributed by atoms with van der Waals surface area (Å²) in [5, 5.41) is 27.7. The summed E-state index contributed by atoms with van der Waals surface area (Å²) < 4.78 is 0. The number of hydrogen-bond acceptors (Lipinski definition) is 7. The van der Waals surface area contributed by atoms with Crippen LogP contribution in [0.2, 0.25) is 0 Å². The van der Waals surface area contributed by atoms with E-state index in [1.54, 1.807) is 19.1 Å². The van der Waals surface area contributed by atoms with Crippen LogP contribution in [0.5, 0.6) is 5.75 Å². The molecule has 0 aliphatic carbocycles. The van der Waals surface area contributed by atoms with Gasteiger partial charge in [0.25, 0.3) is 0 Å². The van der Waals surface area contributed by atoms with Crippen LogP contribution in [0.25, 0.3) is 0 Å². The van der Waals surface area contributed by atoms with Crippen LogP contribution in [0, 0.1) is 6.92 Å². The Bertz CT molecular complexity index is 580. The van der Waals surface area contributed by atoms with Crippen LogP contribution in [0.4, 0.5) is 4.79 Å². The molecule has 0 radical (unpaired) electrons. The first-order valence-corrected chi connectivity index (χ1v) is 7.98. The monoisotopic (exact) mass is 352 g/mol. The average molecular weight is 352 g/mol. The molecule has 2 saturated heterocycles. The van der Waals surface area contributed by atoms with Crippen molar-refractivity contribution in [2.24, 2.45) is 0 Å². The van der Waals surface area contributed by atoms with E-state index in [1.165, 1.54) is 6.07 Å². The Morgan fingerprint density at radius 1 is 1.08 bits per heavy atom. The largest absolute Gasteiger partial charge is 0.507 e. The number of aromatic carboxylic acids is 1. The van der Waals surface area contributed by atoms with Gasteiger partial charge >= 0.3 is 12.0 Å². The molecule has 2 heterocycles. The molecule has 2 amide bonds. The molecule has 2 aliphatic rings. The van der Waals surface area contributed by atoms with Crippen molar-refractivity contribution >= 4 is 12.0 Å². The molecular weight excluding hydrogens is 328 g/mol. The lowest BCUT2D eigenvalue weighted by molar-refractivity contribution is 0.0693. The number of carbonyl (C=O) groups is 2. The van der Waals surface area contributed by atoms with E-state index in [9.17, 15) is 14.7 Å². The number of hydrazine groups is 2. The Balaban J connectivity index is 0.000000186. The summed E-state index contributed by atoms with van der Waals surface area (Å²) in [6, 6.07) is 4.45. The Morgan fingerprint density at radius 2 is 1.64 bits per heavy atom. The van der Waals surface area contributed by atoms with Crippen LogP contribution in [0.3, 0.4) is 0 Å². The number of carboxylic acids is 1. The average Bonchev–Trinajstić information content (AvgIpc) is 3.24. The quantitative estimate of drug-likeness (QED) is 0.419. The molecule has 1 aromatic rings. The lowest BCUT2D eigenvalue weighted by Gasteiger charge is -2.20. The predicted molar refractivity (Wildman–Crippen MR) is 90.6 cm³/mol. The number of para-hydroxylation sites is 1. The van der Waals surface area contributed by atoms with Crippen molar-refractivity contribution < 1.29 is 19.8 Å². The summed E-state index contributed by atoms with van der Waals surface area (Å²) in [6.45, 7) is 6.63. The van der Waals surface area contributed by atoms with Gasteiger partial charge in [0.1, 0.15) is 11.3 Å². The second kappa shape index (κ2) is 9.18. The third-order valence-electron chi connectivity index (χ3n) is 3.71. The molecule has 0 unspecified atom stereocenters. The standard InChI is InChI=1S/C8H8O3.C7H16N6O/c1-5-3-2-4-6(7(5)9)8(10)11;14-7(10-12-3-1-8-5-12)11-13-4-2-9-6-13/h2-4,9H,1H3,(H,10,11);8-9H,1-6H2,(H2,10,11,14). The SMILES string of the molecule is Cc1cccc(C(=O)O)c1O.O=C(NN1CCNC1)NN1CCNC1. The van der Waals surface area contributed by atoms with E-state index in [2.05, 4.69) is 21.5 Å². The van der Waals surface area contributed by atoms with E-state index in [4.69, 9.17) is 5.11 Å². The first kappa shape index (κ1) is 18.9. The number of carbonyl (C=O) groups excluding carboxylic acids is 1. The number of carboxylic acid groups (broad SMARTS) is 1. The lowest BCUT2D eigenvalue weighted by atomic mass is 10.1. The number of nitrogens with one attached hydrogen (secondary N) is 4. The summed E-state index contributed by atoms with van der Waals surface area (Å²) in [6.07, 6.45) is 0. The number of rotatable bonds is 3. The van der Waals surface area contributed by atoms with Gasteiger partial charge in [-0.05, 0) is 18.6 Å². The summed E-state index contributed by atoms with van der Waals surface area (Å²) in [5.41, 5.74) is 6.04. The fraction of sp³-hybridized carbons (Fsp3) is 0.467. The van der Waals surface area contributed by atoms with Gasteiger partial charge in [-0.1, -0.05) is 12.1 Å². The van der Waals surface area contributed by atoms with Crippen molar-refractivity contribution in [3.05, 3.63) is 29.3 Å². The summed E-state index contributed by atoms with van der Waals surface area (Å²) >= 11 is 0. The van der Waals surface area contributed by atoms with Gasteiger partial charge in [-0.3, -0.25) is 10.9 Å². The zero-order valence-corrected chi connectivity index (χ0v) is 14.1. The number of aromatic hydroxyl groups is 1. The Morgan fingerprint density at radius 3 is 2.04 bits per heavy atom.